The number of unbranched alkanes of at least 4 members (excludes halogenated alkanes) is 1. The second-order valence-corrected chi connectivity index (χ2v) is 8.01. The summed E-state index contributed by atoms with van der Waals surface area (Å²) < 4.78 is 5.80. The summed E-state index contributed by atoms with van der Waals surface area (Å²) in [6, 6.07) is 11.3. The number of ether oxygens (including phenoxy) is 1. The Morgan fingerprint density at radius 2 is 1.68 bits per heavy atom. The fraction of sp³-hybridized carbons (Fsp3) is 0.455. The van der Waals surface area contributed by atoms with Crippen molar-refractivity contribution in [3.05, 3.63) is 53.1 Å². The molecule has 0 amide bonds. The van der Waals surface area contributed by atoms with Crippen LogP contribution >= 0.6 is 0 Å². The summed E-state index contributed by atoms with van der Waals surface area (Å²) in [5, 5.41) is 20.1. The fourth-order valence-corrected chi connectivity index (χ4v) is 4.19. The van der Waals surface area contributed by atoms with E-state index < -0.39 is 0 Å². The topological polar surface area (TPSA) is 49.7 Å². The van der Waals surface area contributed by atoms with Gasteiger partial charge in [0.1, 0.15) is 5.75 Å². The molecule has 3 heteroatoms. The van der Waals surface area contributed by atoms with E-state index >= 15 is 0 Å². The first-order valence-corrected chi connectivity index (χ1v) is 9.08. The third-order valence-electron chi connectivity index (χ3n) is 5.48. The molecule has 2 N–H and O–H groups in total. The van der Waals surface area contributed by atoms with Crippen molar-refractivity contribution in [1.29, 1.82) is 0 Å². The highest BCUT2D eigenvalue weighted by Gasteiger charge is 2.46. The number of aromatic hydroxyl groups is 2. The predicted octanol–water partition coefficient (Wildman–Crippen LogP) is 5.26. The molecule has 1 aliphatic carbocycles. The maximum atomic E-state index is 10.5. The lowest BCUT2D eigenvalue weighted by Crippen LogP contribution is -2.23. The molecule has 0 heterocycles. The molecular weight excluding hydrogens is 312 g/mol. The molecule has 1 unspecified atom stereocenters. The summed E-state index contributed by atoms with van der Waals surface area (Å²) in [5.41, 5.74) is 3.30. The third kappa shape index (κ3) is 3.08. The number of phenols is 2. The van der Waals surface area contributed by atoms with Gasteiger partial charge in [0, 0.05) is 5.41 Å². The van der Waals surface area contributed by atoms with Crippen molar-refractivity contribution in [3.8, 4) is 17.2 Å². The van der Waals surface area contributed by atoms with Crippen molar-refractivity contribution in [2.24, 2.45) is 0 Å². The van der Waals surface area contributed by atoms with Crippen LogP contribution in [-0.4, -0.2) is 16.8 Å². The van der Waals surface area contributed by atoms with E-state index in [9.17, 15) is 10.2 Å². The molecule has 0 bridgehead atoms. The van der Waals surface area contributed by atoms with E-state index in [1.165, 1.54) is 5.56 Å². The molecule has 3 nitrogen and oxygen atoms in total. The Morgan fingerprint density at radius 3 is 2.32 bits per heavy atom. The van der Waals surface area contributed by atoms with Crippen molar-refractivity contribution < 1.29 is 14.9 Å². The van der Waals surface area contributed by atoms with Gasteiger partial charge in [-0.05, 0) is 59.2 Å². The standard InChI is InChI=1S/C22H28O3/c1-5-6-11-25-20-13-17-18(12-19(20)24)22(4,14-21(17,2)3)15-7-9-16(23)10-8-15/h7-10,12-13,23-24H,5-6,11,14H2,1-4H3. The van der Waals surface area contributed by atoms with Gasteiger partial charge in [-0.1, -0.05) is 46.2 Å². The molecule has 0 spiro atoms. The van der Waals surface area contributed by atoms with Crippen molar-refractivity contribution in [2.75, 3.05) is 6.61 Å². The van der Waals surface area contributed by atoms with Crippen LogP contribution < -0.4 is 4.74 Å². The first-order valence-electron chi connectivity index (χ1n) is 9.08. The van der Waals surface area contributed by atoms with Gasteiger partial charge in [-0.15, -0.1) is 0 Å². The summed E-state index contributed by atoms with van der Waals surface area (Å²) in [6.45, 7) is 9.44. The first-order chi connectivity index (χ1) is 11.8. The van der Waals surface area contributed by atoms with Gasteiger partial charge in [-0.3, -0.25) is 0 Å². The quantitative estimate of drug-likeness (QED) is 0.730. The monoisotopic (exact) mass is 340 g/mol. The Morgan fingerprint density at radius 1 is 1.00 bits per heavy atom. The minimum Gasteiger partial charge on any atom is -0.508 e. The SMILES string of the molecule is CCCCOc1cc2c(cc1O)C(C)(c1ccc(O)cc1)CC2(C)C. The maximum absolute atomic E-state index is 10.5. The molecule has 0 saturated carbocycles. The van der Waals surface area contributed by atoms with Gasteiger partial charge in [0.05, 0.1) is 6.61 Å². The van der Waals surface area contributed by atoms with Gasteiger partial charge in [0.25, 0.3) is 0 Å². The van der Waals surface area contributed by atoms with E-state index in [1.807, 2.05) is 24.3 Å². The number of hydrogen-bond acceptors (Lipinski definition) is 3. The van der Waals surface area contributed by atoms with Gasteiger partial charge in [-0.2, -0.15) is 0 Å². The largest absolute Gasteiger partial charge is 0.508 e. The van der Waals surface area contributed by atoms with Crippen LogP contribution in [0.5, 0.6) is 17.2 Å². The predicted molar refractivity (Wildman–Crippen MR) is 101 cm³/mol. The molecule has 0 saturated heterocycles. The normalized spacial score (nSPS) is 21.1. The second kappa shape index (κ2) is 6.29. The van der Waals surface area contributed by atoms with E-state index in [0.717, 1.165) is 30.4 Å². The van der Waals surface area contributed by atoms with Crippen LogP contribution in [0.3, 0.4) is 0 Å². The van der Waals surface area contributed by atoms with E-state index in [1.54, 1.807) is 12.1 Å². The molecular formula is C22H28O3. The van der Waals surface area contributed by atoms with Gasteiger partial charge in [-0.25, -0.2) is 0 Å². The van der Waals surface area contributed by atoms with Crippen molar-refractivity contribution in [3.63, 3.8) is 0 Å². The van der Waals surface area contributed by atoms with Gasteiger partial charge >= 0.3 is 0 Å². The molecule has 1 atom stereocenters. The second-order valence-electron chi connectivity index (χ2n) is 8.01. The van der Waals surface area contributed by atoms with Crippen LogP contribution in [0.15, 0.2) is 36.4 Å². The molecule has 3 rings (SSSR count). The smallest absolute Gasteiger partial charge is 0.161 e. The highest BCUT2D eigenvalue weighted by atomic mass is 16.5. The molecule has 2 aromatic carbocycles. The van der Waals surface area contributed by atoms with E-state index in [2.05, 4.69) is 27.7 Å². The Balaban J connectivity index is 2.06. The molecule has 0 radical (unpaired) electrons. The highest BCUT2D eigenvalue weighted by Crippen LogP contribution is 2.55. The third-order valence-corrected chi connectivity index (χ3v) is 5.48. The first kappa shape index (κ1) is 17.7. The summed E-state index contributed by atoms with van der Waals surface area (Å²) in [5.74, 6) is 1.06. The summed E-state index contributed by atoms with van der Waals surface area (Å²) in [4.78, 5) is 0. The highest BCUT2D eigenvalue weighted by molar-refractivity contribution is 5.58. The van der Waals surface area contributed by atoms with Crippen molar-refractivity contribution in [1.82, 2.24) is 0 Å². The molecule has 134 valence electrons. The number of fused-ring (bicyclic) bond motifs is 1. The minimum absolute atomic E-state index is 0.0153. The summed E-state index contributed by atoms with van der Waals surface area (Å²) >= 11 is 0. The Hall–Kier alpha value is -2.16. The molecule has 0 aromatic heterocycles. The summed E-state index contributed by atoms with van der Waals surface area (Å²) in [6.07, 6.45) is 2.99. The zero-order valence-electron chi connectivity index (χ0n) is 15.6. The Kier molecular flexibility index (Phi) is 4.44. The zero-order chi connectivity index (χ0) is 18.2. The zero-order valence-corrected chi connectivity index (χ0v) is 15.6. The van der Waals surface area contributed by atoms with Crippen LogP contribution in [0.25, 0.3) is 0 Å². The van der Waals surface area contributed by atoms with Crippen LogP contribution in [0.2, 0.25) is 0 Å². The number of phenolic OH excluding ortho intramolecular Hbond substituents is 2. The van der Waals surface area contributed by atoms with Crippen molar-refractivity contribution >= 4 is 0 Å². The van der Waals surface area contributed by atoms with Crippen LogP contribution in [0.4, 0.5) is 0 Å². The van der Waals surface area contributed by atoms with Crippen LogP contribution in [-0.2, 0) is 10.8 Å². The van der Waals surface area contributed by atoms with Gasteiger partial charge in [0.2, 0.25) is 0 Å². The lowest BCUT2D eigenvalue weighted by molar-refractivity contribution is 0.292. The van der Waals surface area contributed by atoms with Gasteiger partial charge in [0.15, 0.2) is 11.5 Å². The van der Waals surface area contributed by atoms with Gasteiger partial charge < -0.3 is 14.9 Å². The number of rotatable bonds is 5. The molecule has 0 aliphatic heterocycles. The molecule has 25 heavy (non-hydrogen) atoms. The number of hydrogen-bond donors (Lipinski definition) is 2. The molecule has 2 aromatic rings. The van der Waals surface area contributed by atoms with Crippen molar-refractivity contribution in [2.45, 2.75) is 57.8 Å². The van der Waals surface area contributed by atoms with Crippen LogP contribution in [0, 0.1) is 0 Å². The van der Waals surface area contributed by atoms with E-state index in [0.29, 0.717) is 12.4 Å². The average molecular weight is 340 g/mol. The fourth-order valence-electron chi connectivity index (χ4n) is 4.19. The van der Waals surface area contributed by atoms with E-state index in [-0.39, 0.29) is 22.3 Å². The molecule has 1 aliphatic rings. The Labute approximate surface area is 150 Å². The Bertz CT molecular complexity index is 762. The number of benzene rings is 2. The molecule has 0 fully saturated rings. The minimum atomic E-state index is -0.202. The summed E-state index contributed by atoms with van der Waals surface area (Å²) in [7, 11) is 0. The lowest BCUT2D eigenvalue weighted by atomic mass is 9.75. The lowest BCUT2D eigenvalue weighted by Gasteiger charge is -2.28. The maximum Gasteiger partial charge on any atom is 0.161 e. The van der Waals surface area contributed by atoms with Crippen LogP contribution in [0.1, 0.15) is 63.6 Å². The average Bonchev–Trinajstić information content (AvgIpc) is 2.75. The van der Waals surface area contributed by atoms with E-state index in [4.69, 9.17) is 4.74 Å².